The summed E-state index contributed by atoms with van der Waals surface area (Å²) in [5.74, 6) is 1.32. The Morgan fingerprint density at radius 3 is 2.62 bits per heavy atom. The maximum Gasteiger partial charge on any atom is 0.215 e. The van der Waals surface area contributed by atoms with E-state index in [0.717, 1.165) is 33.4 Å². The molecule has 7 nitrogen and oxygen atoms in total. The average molecular weight is 417 g/mol. The number of rotatable bonds is 8. The van der Waals surface area contributed by atoms with Crippen LogP contribution in [0.25, 0.3) is 17.0 Å². The summed E-state index contributed by atoms with van der Waals surface area (Å²) in [6.45, 7) is 7.32. The minimum absolute atomic E-state index is 0.0414. The SMILES string of the molecule is COc1cc(NCCCO)cc(-c2cnc3cc(OC)c(SC(C)(C)C)cn23)n1. The third kappa shape index (κ3) is 5.13. The summed E-state index contributed by atoms with van der Waals surface area (Å²) < 4.78 is 13.0. The van der Waals surface area contributed by atoms with Crippen LogP contribution in [0.4, 0.5) is 5.69 Å². The summed E-state index contributed by atoms with van der Waals surface area (Å²) in [6, 6.07) is 5.75. The van der Waals surface area contributed by atoms with Crippen LogP contribution in [0.5, 0.6) is 11.6 Å². The van der Waals surface area contributed by atoms with Crippen LogP contribution in [-0.4, -0.2) is 51.6 Å². The number of thioether (sulfide) groups is 1. The van der Waals surface area contributed by atoms with Crippen molar-refractivity contribution in [3.8, 4) is 23.0 Å². The lowest BCUT2D eigenvalue weighted by molar-refractivity contribution is 0.292. The first-order chi connectivity index (χ1) is 13.8. The van der Waals surface area contributed by atoms with E-state index >= 15 is 0 Å². The molecule has 0 atom stereocenters. The third-order valence-corrected chi connectivity index (χ3v) is 5.29. The highest BCUT2D eigenvalue weighted by Gasteiger charge is 2.19. The summed E-state index contributed by atoms with van der Waals surface area (Å²) >= 11 is 1.74. The van der Waals surface area contributed by atoms with E-state index in [0.29, 0.717) is 18.8 Å². The lowest BCUT2D eigenvalue weighted by Crippen LogP contribution is -2.08. The van der Waals surface area contributed by atoms with Crippen molar-refractivity contribution in [2.24, 2.45) is 0 Å². The van der Waals surface area contributed by atoms with Gasteiger partial charge in [-0.1, -0.05) is 20.8 Å². The molecule has 0 aliphatic heterocycles. The Labute approximate surface area is 175 Å². The van der Waals surface area contributed by atoms with Gasteiger partial charge in [0.15, 0.2) is 0 Å². The molecule has 3 aromatic heterocycles. The Bertz CT molecular complexity index is 982. The molecule has 0 amide bonds. The lowest BCUT2D eigenvalue weighted by Gasteiger charge is -2.19. The Kier molecular flexibility index (Phi) is 6.54. The molecule has 2 N–H and O–H groups in total. The molecule has 0 aliphatic rings. The van der Waals surface area contributed by atoms with Crippen LogP contribution in [-0.2, 0) is 0 Å². The predicted molar refractivity (Wildman–Crippen MR) is 117 cm³/mol. The maximum atomic E-state index is 9.02. The zero-order valence-corrected chi connectivity index (χ0v) is 18.3. The molecule has 0 saturated heterocycles. The number of anilines is 1. The second kappa shape index (κ2) is 8.92. The zero-order chi connectivity index (χ0) is 21.0. The summed E-state index contributed by atoms with van der Waals surface area (Å²) in [7, 11) is 3.28. The van der Waals surface area contributed by atoms with Crippen molar-refractivity contribution in [2.75, 3.05) is 32.7 Å². The molecular weight excluding hydrogens is 388 g/mol. The van der Waals surface area contributed by atoms with Crippen molar-refractivity contribution in [1.29, 1.82) is 0 Å². The molecule has 0 aromatic carbocycles. The van der Waals surface area contributed by atoms with Gasteiger partial charge in [0.25, 0.3) is 0 Å². The van der Waals surface area contributed by atoms with Gasteiger partial charge in [0, 0.05) is 41.9 Å². The Balaban J connectivity index is 2.07. The molecule has 0 unspecified atom stereocenters. The molecule has 0 aliphatic carbocycles. The Morgan fingerprint density at radius 1 is 1.17 bits per heavy atom. The van der Waals surface area contributed by atoms with Gasteiger partial charge in [0.2, 0.25) is 5.88 Å². The monoisotopic (exact) mass is 416 g/mol. The van der Waals surface area contributed by atoms with E-state index in [1.165, 1.54) is 0 Å². The number of aromatic nitrogens is 3. The Morgan fingerprint density at radius 2 is 1.97 bits per heavy atom. The topological polar surface area (TPSA) is 80.9 Å². The van der Waals surface area contributed by atoms with Crippen LogP contribution in [0.3, 0.4) is 0 Å². The van der Waals surface area contributed by atoms with Crippen LogP contribution in [0.2, 0.25) is 0 Å². The Hall–Kier alpha value is -2.45. The summed E-state index contributed by atoms with van der Waals surface area (Å²) in [4.78, 5) is 10.2. The maximum absolute atomic E-state index is 9.02. The highest BCUT2D eigenvalue weighted by atomic mass is 32.2. The van der Waals surface area contributed by atoms with Crippen molar-refractivity contribution in [3.63, 3.8) is 0 Å². The largest absolute Gasteiger partial charge is 0.495 e. The van der Waals surface area contributed by atoms with Gasteiger partial charge in [0.05, 0.1) is 36.7 Å². The fraction of sp³-hybridized carbons (Fsp3) is 0.429. The third-order valence-electron chi connectivity index (χ3n) is 4.15. The van der Waals surface area contributed by atoms with Crippen molar-refractivity contribution < 1.29 is 14.6 Å². The molecule has 3 rings (SSSR count). The number of ether oxygens (including phenoxy) is 2. The molecule has 0 fully saturated rings. The van der Waals surface area contributed by atoms with Gasteiger partial charge in [-0.3, -0.25) is 4.40 Å². The van der Waals surface area contributed by atoms with E-state index in [1.54, 1.807) is 32.2 Å². The number of methoxy groups -OCH3 is 2. The number of nitrogens with one attached hydrogen (secondary N) is 1. The van der Waals surface area contributed by atoms with Gasteiger partial charge in [0.1, 0.15) is 11.4 Å². The van der Waals surface area contributed by atoms with Crippen LogP contribution < -0.4 is 14.8 Å². The fourth-order valence-corrected chi connectivity index (χ4v) is 3.96. The predicted octanol–water partition coefficient (Wildman–Crippen LogP) is 4.10. The van der Waals surface area contributed by atoms with Crippen LogP contribution in [0.15, 0.2) is 35.5 Å². The number of fused-ring (bicyclic) bond motifs is 1. The van der Waals surface area contributed by atoms with Gasteiger partial charge in [-0.2, -0.15) is 0 Å². The molecule has 0 saturated carbocycles. The number of imidazole rings is 1. The first kappa shape index (κ1) is 21.3. The molecule has 8 heteroatoms. The molecule has 0 spiro atoms. The van der Waals surface area contributed by atoms with Crippen molar-refractivity contribution >= 4 is 23.1 Å². The van der Waals surface area contributed by atoms with Crippen molar-refractivity contribution in [3.05, 3.63) is 30.6 Å². The first-order valence-electron chi connectivity index (χ1n) is 9.50. The van der Waals surface area contributed by atoms with Crippen molar-refractivity contribution in [2.45, 2.75) is 36.8 Å². The van der Waals surface area contributed by atoms with Gasteiger partial charge in [-0.15, -0.1) is 11.8 Å². The fourth-order valence-electron chi connectivity index (χ4n) is 2.90. The molecule has 3 aromatic rings. The summed E-state index contributed by atoms with van der Waals surface area (Å²) in [5.41, 5.74) is 3.28. The van der Waals surface area contributed by atoms with Crippen molar-refractivity contribution in [1.82, 2.24) is 14.4 Å². The minimum Gasteiger partial charge on any atom is -0.495 e. The standard InChI is InChI=1S/C21H28N4O3S/c1-21(2,3)29-18-13-25-16(12-23-19(25)11-17(18)27-4)15-9-14(22-7-6-8-26)10-20(24-15)28-5/h9-13,26H,6-8H2,1-5H3,(H,22,24). The van der Waals surface area contributed by atoms with Gasteiger partial charge < -0.3 is 19.9 Å². The number of aliphatic hydroxyl groups excluding tert-OH is 1. The number of hydrogen-bond acceptors (Lipinski definition) is 7. The van der Waals surface area contributed by atoms with E-state index in [1.807, 2.05) is 28.8 Å². The number of nitrogens with zero attached hydrogens (tertiary/aromatic N) is 3. The van der Waals surface area contributed by atoms with Crippen LogP contribution in [0.1, 0.15) is 27.2 Å². The molecule has 3 heterocycles. The average Bonchev–Trinajstić information content (AvgIpc) is 3.08. The number of pyridine rings is 2. The highest BCUT2D eigenvalue weighted by molar-refractivity contribution is 8.00. The van der Waals surface area contributed by atoms with E-state index < -0.39 is 0 Å². The van der Waals surface area contributed by atoms with Crippen LogP contribution >= 0.6 is 11.8 Å². The summed E-state index contributed by atoms with van der Waals surface area (Å²) in [6.07, 6.45) is 4.52. The lowest BCUT2D eigenvalue weighted by atomic mass is 10.2. The van der Waals surface area contributed by atoms with Gasteiger partial charge in [-0.05, 0) is 12.5 Å². The van der Waals surface area contributed by atoms with E-state index in [-0.39, 0.29) is 11.4 Å². The summed E-state index contributed by atoms with van der Waals surface area (Å²) in [5, 5.41) is 12.3. The zero-order valence-electron chi connectivity index (χ0n) is 17.5. The van der Waals surface area contributed by atoms with Gasteiger partial charge in [-0.25, -0.2) is 9.97 Å². The molecule has 29 heavy (non-hydrogen) atoms. The van der Waals surface area contributed by atoms with Crippen LogP contribution in [0, 0.1) is 0 Å². The second-order valence-corrected chi connectivity index (χ2v) is 9.45. The second-order valence-electron chi connectivity index (χ2n) is 7.58. The molecular formula is C21H28N4O3S. The smallest absolute Gasteiger partial charge is 0.215 e. The van der Waals surface area contributed by atoms with Gasteiger partial charge >= 0.3 is 0 Å². The minimum atomic E-state index is 0.0414. The van der Waals surface area contributed by atoms with E-state index in [9.17, 15) is 0 Å². The first-order valence-corrected chi connectivity index (χ1v) is 10.3. The highest BCUT2D eigenvalue weighted by Crippen LogP contribution is 2.39. The normalized spacial score (nSPS) is 11.7. The number of aliphatic hydroxyl groups is 1. The molecule has 0 radical (unpaired) electrons. The van der Waals surface area contributed by atoms with E-state index in [2.05, 4.69) is 36.1 Å². The number of hydrogen-bond donors (Lipinski definition) is 2. The quantitative estimate of drug-likeness (QED) is 0.423. The molecule has 0 bridgehead atoms. The van der Waals surface area contributed by atoms with E-state index in [4.69, 9.17) is 14.6 Å². The molecule has 156 valence electrons.